The molecular formula is C19H20N2O5. The number of aryl methyl sites for hydroxylation is 1. The molecular weight excluding hydrogens is 336 g/mol. The Labute approximate surface area is 150 Å². The van der Waals surface area contributed by atoms with Crippen LogP contribution in [-0.2, 0) is 13.7 Å². The molecule has 136 valence electrons. The van der Waals surface area contributed by atoms with Gasteiger partial charge in [0.2, 0.25) is 5.75 Å². The van der Waals surface area contributed by atoms with Crippen LogP contribution >= 0.6 is 0 Å². The van der Waals surface area contributed by atoms with Gasteiger partial charge in [-0.2, -0.15) is 0 Å². The van der Waals surface area contributed by atoms with Crippen LogP contribution < -0.4 is 24.5 Å². The summed E-state index contributed by atoms with van der Waals surface area (Å²) in [6.07, 6.45) is 0. The van der Waals surface area contributed by atoms with Gasteiger partial charge < -0.3 is 23.5 Å². The van der Waals surface area contributed by atoms with E-state index in [9.17, 15) is 4.79 Å². The maximum atomic E-state index is 12.5. The summed E-state index contributed by atoms with van der Waals surface area (Å²) in [7, 11) is 6.31. The summed E-state index contributed by atoms with van der Waals surface area (Å²) in [5.41, 5.74) is 1.63. The normalized spacial score (nSPS) is 10.6. The summed E-state index contributed by atoms with van der Waals surface area (Å²) in [4.78, 5) is 16.9. The van der Waals surface area contributed by atoms with Crippen LogP contribution in [0.3, 0.4) is 0 Å². The van der Waals surface area contributed by atoms with Crippen molar-refractivity contribution in [3.8, 4) is 23.0 Å². The maximum Gasteiger partial charge on any atom is 0.276 e. The predicted molar refractivity (Wildman–Crippen MR) is 97.4 cm³/mol. The SMILES string of the molecule is COc1cc(OCc2nc3ccccc3n(C)c2=O)cc(OC)c1OC. The first-order valence-electron chi connectivity index (χ1n) is 7.96. The van der Waals surface area contributed by atoms with Crippen molar-refractivity contribution in [2.24, 2.45) is 7.05 Å². The fourth-order valence-electron chi connectivity index (χ4n) is 2.72. The summed E-state index contributed by atoms with van der Waals surface area (Å²) >= 11 is 0. The molecule has 0 aliphatic carbocycles. The van der Waals surface area contributed by atoms with Gasteiger partial charge >= 0.3 is 0 Å². The zero-order valence-electron chi connectivity index (χ0n) is 15.1. The third-order valence-corrected chi connectivity index (χ3v) is 4.06. The molecule has 0 saturated carbocycles. The molecule has 0 N–H and O–H groups in total. The standard InChI is InChI=1S/C19H20N2O5/c1-21-15-8-6-5-7-13(15)20-14(19(21)22)11-26-12-9-16(23-2)18(25-4)17(10-12)24-3/h5-10H,11H2,1-4H3. The topological polar surface area (TPSA) is 71.8 Å². The van der Waals surface area contributed by atoms with E-state index in [4.69, 9.17) is 18.9 Å². The first kappa shape index (κ1) is 17.6. The highest BCUT2D eigenvalue weighted by atomic mass is 16.5. The first-order valence-corrected chi connectivity index (χ1v) is 7.96. The van der Waals surface area contributed by atoms with Crippen LogP contribution in [-0.4, -0.2) is 30.9 Å². The van der Waals surface area contributed by atoms with Crippen molar-refractivity contribution < 1.29 is 18.9 Å². The summed E-state index contributed by atoms with van der Waals surface area (Å²) in [6, 6.07) is 10.8. The van der Waals surface area contributed by atoms with Crippen molar-refractivity contribution in [1.82, 2.24) is 9.55 Å². The van der Waals surface area contributed by atoms with Gasteiger partial charge in [0.1, 0.15) is 18.1 Å². The number of hydrogen-bond donors (Lipinski definition) is 0. The number of fused-ring (bicyclic) bond motifs is 1. The molecule has 0 aliphatic rings. The molecule has 0 spiro atoms. The molecule has 26 heavy (non-hydrogen) atoms. The molecule has 2 aromatic carbocycles. The lowest BCUT2D eigenvalue weighted by molar-refractivity contribution is 0.286. The van der Waals surface area contributed by atoms with E-state index in [0.29, 0.717) is 28.7 Å². The van der Waals surface area contributed by atoms with Crippen LogP contribution in [0.5, 0.6) is 23.0 Å². The fourth-order valence-corrected chi connectivity index (χ4v) is 2.72. The van der Waals surface area contributed by atoms with Crippen molar-refractivity contribution in [2.75, 3.05) is 21.3 Å². The lowest BCUT2D eigenvalue weighted by Gasteiger charge is -2.15. The van der Waals surface area contributed by atoms with Gasteiger partial charge in [-0.25, -0.2) is 4.98 Å². The van der Waals surface area contributed by atoms with Crippen LogP contribution in [0.4, 0.5) is 0 Å². The highest BCUT2D eigenvalue weighted by Crippen LogP contribution is 2.40. The first-order chi connectivity index (χ1) is 12.6. The Morgan fingerprint density at radius 1 is 1.00 bits per heavy atom. The largest absolute Gasteiger partial charge is 0.493 e. The molecule has 1 aromatic heterocycles. The van der Waals surface area contributed by atoms with Crippen LogP contribution in [0, 0.1) is 0 Å². The van der Waals surface area contributed by atoms with E-state index in [1.54, 1.807) is 23.7 Å². The average molecular weight is 356 g/mol. The molecule has 0 radical (unpaired) electrons. The lowest BCUT2D eigenvalue weighted by atomic mass is 10.2. The minimum atomic E-state index is -0.198. The smallest absolute Gasteiger partial charge is 0.276 e. The van der Waals surface area contributed by atoms with Crippen molar-refractivity contribution >= 4 is 11.0 Å². The van der Waals surface area contributed by atoms with Gasteiger partial charge in [-0.3, -0.25) is 4.79 Å². The molecule has 0 atom stereocenters. The van der Waals surface area contributed by atoms with E-state index in [1.807, 2.05) is 24.3 Å². The molecule has 0 bridgehead atoms. The van der Waals surface area contributed by atoms with Crippen LogP contribution in [0.2, 0.25) is 0 Å². The molecule has 0 aliphatic heterocycles. The number of para-hydroxylation sites is 2. The molecule has 7 heteroatoms. The Hall–Kier alpha value is -3.22. The van der Waals surface area contributed by atoms with Gasteiger partial charge in [0.15, 0.2) is 11.5 Å². The Balaban J connectivity index is 1.93. The molecule has 7 nitrogen and oxygen atoms in total. The van der Waals surface area contributed by atoms with Crippen LogP contribution in [0.25, 0.3) is 11.0 Å². The maximum absolute atomic E-state index is 12.5. The second-order valence-electron chi connectivity index (χ2n) is 5.56. The number of rotatable bonds is 6. The zero-order valence-corrected chi connectivity index (χ0v) is 15.1. The van der Waals surface area contributed by atoms with Crippen molar-refractivity contribution in [3.63, 3.8) is 0 Å². The highest BCUT2D eigenvalue weighted by molar-refractivity contribution is 5.74. The minimum absolute atomic E-state index is 0.0240. The van der Waals surface area contributed by atoms with Crippen molar-refractivity contribution in [3.05, 3.63) is 52.4 Å². The second kappa shape index (κ2) is 7.35. The Kier molecular flexibility index (Phi) is 4.97. The Morgan fingerprint density at radius 2 is 1.65 bits per heavy atom. The van der Waals surface area contributed by atoms with Gasteiger partial charge in [0.05, 0.1) is 32.4 Å². The number of methoxy groups -OCH3 is 3. The lowest BCUT2D eigenvalue weighted by Crippen LogP contribution is -2.24. The Morgan fingerprint density at radius 3 is 2.27 bits per heavy atom. The van der Waals surface area contributed by atoms with Crippen LogP contribution in [0.1, 0.15) is 5.69 Å². The summed E-state index contributed by atoms with van der Waals surface area (Å²) < 4.78 is 23.2. The van der Waals surface area contributed by atoms with Crippen LogP contribution in [0.15, 0.2) is 41.2 Å². The average Bonchev–Trinajstić information content (AvgIpc) is 2.68. The molecule has 0 fully saturated rings. The van der Waals surface area contributed by atoms with E-state index in [0.717, 1.165) is 11.0 Å². The van der Waals surface area contributed by atoms with E-state index in [-0.39, 0.29) is 12.2 Å². The summed E-state index contributed by atoms with van der Waals surface area (Å²) in [6.45, 7) is 0.0240. The van der Waals surface area contributed by atoms with Gasteiger partial charge in [0.25, 0.3) is 5.56 Å². The van der Waals surface area contributed by atoms with E-state index < -0.39 is 0 Å². The predicted octanol–water partition coefficient (Wildman–Crippen LogP) is 2.54. The third-order valence-electron chi connectivity index (χ3n) is 4.06. The van der Waals surface area contributed by atoms with Crippen molar-refractivity contribution in [2.45, 2.75) is 6.61 Å². The second-order valence-corrected chi connectivity index (χ2v) is 5.56. The van der Waals surface area contributed by atoms with Gasteiger partial charge in [0, 0.05) is 19.2 Å². The molecule has 0 unspecified atom stereocenters. The van der Waals surface area contributed by atoms with E-state index in [1.165, 1.54) is 21.3 Å². The number of ether oxygens (including phenoxy) is 4. The number of benzene rings is 2. The van der Waals surface area contributed by atoms with Gasteiger partial charge in [-0.05, 0) is 12.1 Å². The van der Waals surface area contributed by atoms with E-state index in [2.05, 4.69) is 4.98 Å². The molecule has 0 amide bonds. The highest BCUT2D eigenvalue weighted by Gasteiger charge is 2.15. The molecule has 3 aromatic rings. The van der Waals surface area contributed by atoms with Crippen molar-refractivity contribution in [1.29, 1.82) is 0 Å². The van der Waals surface area contributed by atoms with E-state index >= 15 is 0 Å². The number of nitrogens with zero attached hydrogens (tertiary/aromatic N) is 2. The molecule has 0 saturated heterocycles. The summed E-state index contributed by atoms with van der Waals surface area (Å²) in [5.74, 6) is 1.90. The quantitative estimate of drug-likeness (QED) is 0.676. The third kappa shape index (κ3) is 3.15. The number of hydrogen-bond acceptors (Lipinski definition) is 6. The Bertz CT molecular complexity index is 972. The zero-order chi connectivity index (χ0) is 18.7. The minimum Gasteiger partial charge on any atom is -0.493 e. The fraction of sp³-hybridized carbons (Fsp3) is 0.263. The number of aromatic nitrogens is 2. The van der Waals surface area contributed by atoms with Gasteiger partial charge in [-0.15, -0.1) is 0 Å². The molecule has 3 rings (SSSR count). The monoisotopic (exact) mass is 356 g/mol. The molecule has 1 heterocycles. The summed E-state index contributed by atoms with van der Waals surface area (Å²) in [5, 5.41) is 0. The van der Waals surface area contributed by atoms with Gasteiger partial charge in [-0.1, -0.05) is 12.1 Å².